The highest BCUT2D eigenvalue weighted by molar-refractivity contribution is 7.89. The first kappa shape index (κ1) is 21.0. The molecule has 10 heteroatoms. The fourth-order valence-electron chi connectivity index (χ4n) is 3.15. The van der Waals surface area contributed by atoms with Crippen molar-refractivity contribution in [2.75, 3.05) is 6.61 Å². The first-order valence-corrected chi connectivity index (χ1v) is 10.7. The van der Waals surface area contributed by atoms with E-state index in [0.717, 1.165) is 6.07 Å². The Morgan fingerprint density at radius 1 is 1.24 bits per heavy atom. The van der Waals surface area contributed by atoms with E-state index in [1.807, 2.05) is 6.07 Å². The van der Waals surface area contributed by atoms with Crippen LogP contribution in [0.3, 0.4) is 0 Å². The van der Waals surface area contributed by atoms with E-state index in [2.05, 4.69) is 14.7 Å². The molecule has 1 aromatic heterocycles. The summed E-state index contributed by atoms with van der Waals surface area (Å²) in [5.41, 5.74) is 0.118. The minimum atomic E-state index is -3.85. The van der Waals surface area contributed by atoms with Gasteiger partial charge in [-0.25, -0.2) is 27.5 Å². The number of halogens is 1. The van der Waals surface area contributed by atoms with Gasteiger partial charge in [-0.05, 0) is 50.8 Å². The zero-order chi connectivity index (χ0) is 20.9. The monoisotopic (exact) mass is 420 g/mol. The van der Waals surface area contributed by atoms with Gasteiger partial charge in [-0.15, -0.1) is 0 Å². The molecule has 1 aromatic carbocycles. The average molecular weight is 420 g/mol. The Labute approximate surface area is 168 Å². The lowest BCUT2D eigenvalue weighted by atomic mass is 9.94. The van der Waals surface area contributed by atoms with Crippen LogP contribution in [-0.4, -0.2) is 37.1 Å². The number of benzene rings is 1. The maximum absolute atomic E-state index is 14.0. The summed E-state index contributed by atoms with van der Waals surface area (Å²) in [6, 6.07) is 5.24. The highest BCUT2D eigenvalue weighted by Crippen LogP contribution is 2.26. The average Bonchev–Trinajstić information content (AvgIpc) is 2.71. The highest BCUT2D eigenvalue weighted by Gasteiger charge is 2.28. The fraction of sp³-hybridized carbons (Fsp3) is 0.421. The van der Waals surface area contributed by atoms with Crippen LogP contribution in [0.15, 0.2) is 35.5 Å². The number of ether oxygens (including phenoxy) is 2. The lowest BCUT2D eigenvalue weighted by Gasteiger charge is -2.29. The van der Waals surface area contributed by atoms with Gasteiger partial charge < -0.3 is 9.47 Å². The second-order valence-electron chi connectivity index (χ2n) is 6.56. The van der Waals surface area contributed by atoms with Crippen LogP contribution < -0.4 is 14.2 Å². The predicted octanol–water partition coefficient (Wildman–Crippen LogP) is 2.55. The van der Waals surface area contributed by atoms with Crippen molar-refractivity contribution in [3.05, 3.63) is 42.1 Å². The van der Waals surface area contributed by atoms with Crippen molar-refractivity contribution in [3.63, 3.8) is 0 Å². The Balaban J connectivity index is 1.58. The van der Waals surface area contributed by atoms with Crippen LogP contribution in [0.2, 0.25) is 0 Å². The summed E-state index contributed by atoms with van der Waals surface area (Å²) in [6.45, 7) is 2.01. The Morgan fingerprint density at radius 3 is 2.62 bits per heavy atom. The van der Waals surface area contributed by atoms with Crippen molar-refractivity contribution in [2.45, 2.75) is 49.6 Å². The highest BCUT2D eigenvalue weighted by atomic mass is 32.2. The van der Waals surface area contributed by atoms with Crippen LogP contribution >= 0.6 is 0 Å². The van der Waals surface area contributed by atoms with Gasteiger partial charge >= 0.3 is 0 Å². The smallest absolute Gasteiger partial charge is 0.251 e. The van der Waals surface area contributed by atoms with Gasteiger partial charge in [-0.1, -0.05) is 0 Å². The molecule has 0 bridgehead atoms. The van der Waals surface area contributed by atoms with E-state index in [-0.39, 0.29) is 41.0 Å². The summed E-state index contributed by atoms with van der Waals surface area (Å²) in [5.74, 6) is -0.516. The molecule has 0 unspecified atom stereocenters. The van der Waals surface area contributed by atoms with Gasteiger partial charge in [0.15, 0.2) is 11.6 Å². The van der Waals surface area contributed by atoms with Crippen LogP contribution in [0.5, 0.6) is 11.6 Å². The van der Waals surface area contributed by atoms with Gasteiger partial charge in [0.25, 0.3) is 5.88 Å². The van der Waals surface area contributed by atoms with E-state index >= 15 is 0 Å². The molecule has 8 nitrogen and oxygen atoms in total. The number of nitrogens with one attached hydrogen (secondary N) is 1. The summed E-state index contributed by atoms with van der Waals surface area (Å²) in [5, 5.41) is 9.05. The Hall–Kier alpha value is -2.77. The zero-order valence-corrected chi connectivity index (χ0v) is 16.7. The number of rotatable bonds is 7. The minimum Gasteiger partial charge on any atom is -0.491 e. The van der Waals surface area contributed by atoms with Gasteiger partial charge in [0.2, 0.25) is 15.7 Å². The number of hydrogen-bond acceptors (Lipinski definition) is 7. The molecule has 154 valence electrons. The van der Waals surface area contributed by atoms with Crippen LogP contribution in [-0.2, 0) is 10.0 Å². The summed E-state index contributed by atoms with van der Waals surface area (Å²) < 4.78 is 52.6. The van der Waals surface area contributed by atoms with Gasteiger partial charge in [0.05, 0.1) is 11.5 Å². The molecule has 29 heavy (non-hydrogen) atoms. The molecular formula is C19H21FN4O4S. The largest absolute Gasteiger partial charge is 0.491 e. The molecule has 1 heterocycles. The third-order valence-corrected chi connectivity index (χ3v) is 6.08. The van der Waals surface area contributed by atoms with Crippen LogP contribution in [0.1, 0.15) is 38.3 Å². The normalized spacial score (nSPS) is 19.3. The molecule has 1 N–H and O–H groups in total. The van der Waals surface area contributed by atoms with Crippen molar-refractivity contribution in [1.82, 2.24) is 14.7 Å². The Morgan fingerprint density at radius 2 is 1.97 bits per heavy atom. The lowest BCUT2D eigenvalue weighted by Crippen LogP contribution is -2.39. The van der Waals surface area contributed by atoms with Crippen molar-refractivity contribution >= 4 is 10.0 Å². The molecule has 1 aliphatic carbocycles. The fourth-order valence-corrected chi connectivity index (χ4v) is 4.47. The summed E-state index contributed by atoms with van der Waals surface area (Å²) in [6.07, 6.45) is 4.96. The van der Waals surface area contributed by atoms with E-state index in [9.17, 15) is 12.8 Å². The summed E-state index contributed by atoms with van der Waals surface area (Å²) >= 11 is 0. The van der Waals surface area contributed by atoms with E-state index in [4.69, 9.17) is 14.7 Å². The quantitative estimate of drug-likeness (QED) is 0.732. The first-order valence-electron chi connectivity index (χ1n) is 9.25. The molecule has 1 fully saturated rings. The Bertz CT molecular complexity index is 1000. The molecule has 0 radical (unpaired) electrons. The Kier molecular flexibility index (Phi) is 6.61. The molecule has 0 aliphatic heterocycles. The predicted molar refractivity (Wildman–Crippen MR) is 101 cm³/mol. The lowest BCUT2D eigenvalue weighted by molar-refractivity contribution is 0.137. The van der Waals surface area contributed by atoms with E-state index in [1.54, 1.807) is 6.92 Å². The van der Waals surface area contributed by atoms with E-state index < -0.39 is 15.8 Å². The number of hydrogen-bond donors (Lipinski definition) is 1. The maximum Gasteiger partial charge on any atom is 0.251 e. The molecule has 0 atom stereocenters. The molecule has 1 saturated carbocycles. The second-order valence-corrected chi connectivity index (χ2v) is 8.27. The van der Waals surface area contributed by atoms with Crippen molar-refractivity contribution < 1.29 is 22.3 Å². The van der Waals surface area contributed by atoms with E-state index in [1.165, 1.54) is 24.5 Å². The van der Waals surface area contributed by atoms with Crippen LogP contribution in [0.4, 0.5) is 4.39 Å². The third kappa shape index (κ3) is 5.19. The van der Waals surface area contributed by atoms with Crippen molar-refractivity contribution in [3.8, 4) is 17.7 Å². The number of nitrogens with zero attached hydrogens (tertiary/aromatic N) is 3. The SMILES string of the molecule is CCOc1ccc(S(=O)(=O)NC2CCC(Oc3nccnc3C#N)CC2)cc1F. The van der Waals surface area contributed by atoms with Crippen molar-refractivity contribution in [2.24, 2.45) is 0 Å². The molecule has 2 aromatic rings. The molecular weight excluding hydrogens is 399 g/mol. The number of sulfonamides is 1. The van der Waals surface area contributed by atoms with Crippen molar-refractivity contribution in [1.29, 1.82) is 5.26 Å². The minimum absolute atomic E-state index is 0.0184. The molecule has 0 spiro atoms. The summed E-state index contributed by atoms with van der Waals surface area (Å²) in [7, 11) is -3.85. The zero-order valence-electron chi connectivity index (χ0n) is 15.8. The van der Waals surface area contributed by atoms with Crippen LogP contribution in [0.25, 0.3) is 0 Å². The van der Waals surface area contributed by atoms with Gasteiger partial charge in [0.1, 0.15) is 12.2 Å². The van der Waals surface area contributed by atoms with E-state index in [0.29, 0.717) is 25.7 Å². The third-order valence-electron chi connectivity index (χ3n) is 4.56. The van der Waals surface area contributed by atoms with Gasteiger partial charge in [-0.2, -0.15) is 5.26 Å². The standard InChI is InChI=1S/C19H21FN4O4S/c1-2-27-18-8-7-15(11-16(18)20)29(25,26)24-13-3-5-14(6-4-13)28-19-17(12-21)22-9-10-23-19/h7-11,13-14,24H,2-6H2,1H3. The maximum atomic E-state index is 14.0. The molecule has 0 saturated heterocycles. The van der Waals surface area contributed by atoms with Crippen LogP contribution in [0, 0.1) is 17.1 Å². The molecule has 3 rings (SSSR count). The molecule has 0 amide bonds. The van der Waals surface area contributed by atoms with Gasteiger partial charge in [0, 0.05) is 18.4 Å². The second kappa shape index (κ2) is 9.15. The first-order chi connectivity index (χ1) is 13.9. The van der Waals surface area contributed by atoms with Gasteiger partial charge in [-0.3, -0.25) is 0 Å². The number of aromatic nitrogens is 2. The number of nitriles is 1. The summed E-state index contributed by atoms with van der Waals surface area (Å²) in [4.78, 5) is 7.79. The topological polar surface area (TPSA) is 114 Å². The molecule has 1 aliphatic rings.